The summed E-state index contributed by atoms with van der Waals surface area (Å²) in [6.45, 7) is 3.51. The average molecular weight is 296 g/mol. The van der Waals surface area contributed by atoms with Gasteiger partial charge in [0, 0.05) is 25.0 Å². The molecule has 1 aliphatic heterocycles. The van der Waals surface area contributed by atoms with E-state index >= 15 is 0 Å². The van der Waals surface area contributed by atoms with Gasteiger partial charge in [-0.05, 0) is 54.1 Å². The summed E-state index contributed by atoms with van der Waals surface area (Å²) in [6, 6.07) is 16.2. The standard InChI is InChI=1S/C18H20N2O2/c1-21-18-8-2-15(3-9-18)14-19-16-4-6-17(7-5-16)20-10-12-22-13-11-20/h2-9,14H,10-13H2,1H3. The Morgan fingerprint density at radius 3 is 2.32 bits per heavy atom. The van der Waals surface area contributed by atoms with Gasteiger partial charge < -0.3 is 14.4 Å². The second-order valence-corrected chi connectivity index (χ2v) is 5.15. The fraction of sp³-hybridized carbons (Fsp3) is 0.278. The van der Waals surface area contributed by atoms with Crippen molar-refractivity contribution < 1.29 is 9.47 Å². The molecule has 0 atom stereocenters. The molecular formula is C18H20N2O2. The van der Waals surface area contributed by atoms with Crippen molar-refractivity contribution in [2.45, 2.75) is 0 Å². The molecule has 0 aromatic heterocycles. The van der Waals surface area contributed by atoms with Gasteiger partial charge in [-0.25, -0.2) is 0 Å². The molecule has 22 heavy (non-hydrogen) atoms. The van der Waals surface area contributed by atoms with Crippen LogP contribution in [0, 0.1) is 0 Å². The second kappa shape index (κ2) is 7.09. The van der Waals surface area contributed by atoms with Crippen molar-refractivity contribution in [1.29, 1.82) is 0 Å². The van der Waals surface area contributed by atoms with Crippen molar-refractivity contribution in [3.63, 3.8) is 0 Å². The molecule has 114 valence electrons. The van der Waals surface area contributed by atoms with Crippen LogP contribution in [0.15, 0.2) is 53.5 Å². The summed E-state index contributed by atoms with van der Waals surface area (Å²) in [5.41, 5.74) is 3.23. The van der Waals surface area contributed by atoms with Crippen molar-refractivity contribution in [2.24, 2.45) is 4.99 Å². The molecule has 1 fully saturated rings. The topological polar surface area (TPSA) is 34.1 Å². The number of ether oxygens (including phenoxy) is 2. The Balaban J connectivity index is 1.65. The van der Waals surface area contributed by atoms with E-state index in [-0.39, 0.29) is 0 Å². The first kappa shape index (κ1) is 14.6. The maximum absolute atomic E-state index is 5.37. The van der Waals surface area contributed by atoms with Crippen LogP contribution in [0.5, 0.6) is 5.75 Å². The van der Waals surface area contributed by atoms with Gasteiger partial charge in [0.2, 0.25) is 0 Å². The van der Waals surface area contributed by atoms with E-state index < -0.39 is 0 Å². The van der Waals surface area contributed by atoms with E-state index in [4.69, 9.17) is 9.47 Å². The first-order valence-electron chi connectivity index (χ1n) is 7.46. The monoisotopic (exact) mass is 296 g/mol. The molecule has 0 N–H and O–H groups in total. The number of anilines is 1. The van der Waals surface area contributed by atoms with Gasteiger partial charge in [-0.1, -0.05) is 0 Å². The number of morpholine rings is 1. The minimum absolute atomic E-state index is 0.803. The van der Waals surface area contributed by atoms with Crippen LogP contribution in [0.3, 0.4) is 0 Å². The first-order chi connectivity index (χ1) is 10.8. The highest BCUT2D eigenvalue weighted by molar-refractivity contribution is 5.82. The Morgan fingerprint density at radius 2 is 1.68 bits per heavy atom. The van der Waals surface area contributed by atoms with E-state index in [1.807, 2.05) is 42.6 Å². The highest BCUT2D eigenvalue weighted by atomic mass is 16.5. The third-order valence-corrected chi connectivity index (χ3v) is 3.70. The molecule has 2 aromatic carbocycles. The van der Waals surface area contributed by atoms with E-state index in [9.17, 15) is 0 Å². The van der Waals surface area contributed by atoms with Crippen LogP contribution in [0.25, 0.3) is 0 Å². The SMILES string of the molecule is COc1ccc(C=Nc2ccc(N3CCOCC3)cc2)cc1. The van der Waals surface area contributed by atoms with Crippen LogP contribution in [-0.4, -0.2) is 39.6 Å². The Morgan fingerprint density at radius 1 is 1.00 bits per heavy atom. The van der Waals surface area contributed by atoms with Gasteiger partial charge in [-0.3, -0.25) is 4.99 Å². The molecule has 0 unspecified atom stereocenters. The fourth-order valence-corrected chi connectivity index (χ4v) is 2.41. The van der Waals surface area contributed by atoms with Crippen LogP contribution in [0.2, 0.25) is 0 Å². The second-order valence-electron chi connectivity index (χ2n) is 5.15. The summed E-state index contributed by atoms with van der Waals surface area (Å²) < 4.78 is 10.5. The van der Waals surface area contributed by atoms with Crippen LogP contribution in [0.1, 0.15) is 5.56 Å². The predicted octanol–water partition coefficient (Wildman–Crippen LogP) is 3.28. The van der Waals surface area contributed by atoms with Crippen LogP contribution in [0.4, 0.5) is 11.4 Å². The van der Waals surface area contributed by atoms with Crippen molar-refractivity contribution >= 4 is 17.6 Å². The molecule has 1 saturated heterocycles. The zero-order valence-corrected chi connectivity index (χ0v) is 12.7. The highest BCUT2D eigenvalue weighted by Crippen LogP contribution is 2.21. The lowest BCUT2D eigenvalue weighted by molar-refractivity contribution is 0.122. The quantitative estimate of drug-likeness (QED) is 0.812. The Labute approximate surface area is 131 Å². The van der Waals surface area contributed by atoms with Crippen LogP contribution >= 0.6 is 0 Å². The van der Waals surface area contributed by atoms with E-state index in [0.717, 1.165) is 43.3 Å². The van der Waals surface area contributed by atoms with Crippen molar-refractivity contribution in [3.05, 3.63) is 54.1 Å². The third kappa shape index (κ3) is 3.65. The van der Waals surface area contributed by atoms with Gasteiger partial charge in [0.1, 0.15) is 5.75 Å². The number of benzene rings is 2. The van der Waals surface area contributed by atoms with Crippen LogP contribution < -0.4 is 9.64 Å². The number of nitrogens with zero attached hydrogens (tertiary/aromatic N) is 2. The Hall–Kier alpha value is -2.33. The molecule has 4 heteroatoms. The largest absolute Gasteiger partial charge is 0.497 e. The normalized spacial score (nSPS) is 15.2. The van der Waals surface area contributed by atoms with Gasteiger partial charge in [-0.15, -0.1) is 0 Å². The number of hydrogen-bond donors (Lipinski definition) is 0. The molecule has 0 spiro atoms. The molecule has 0 bridgehead atoms. The summed E-state index contributed by atoms with van der Waals surface area (Å²) in [5, 5.41) is 0. The van der Waals surface area contributed by atoms with Gasteiger partial charge in [0.05, 0.1) is 26.0 Å². The van der Waals surface area contributed by atoms with Gasteiger partial charge in [0.25, 0.3) is 0 Å². The smallest absolute Gasteiger partial charge is 0.118 e. The molecule has 1 heterocycles. The van der Waals surface area contributed by atoms with E-state index in [1.165, 1.54) is 5.69 Å². The summed E-state index contributed by atoms with van der Waals surface area (Å²) in [7, 11) is 1.67. The molecule has 3 rings (SSSR count). The third-order valence-electron chi connectivity index (χ3n) is 3.70. The maximum atomic E-state index is 5.37. The number of rotatable bonds is 4. The zero-order chi connectivity index (χ0) is 15.2. The lowest BCUT2D eigenvalue weighted by atomic mass is 10.2. The minimum Gasteiger partial charge on any atom is -0.497 e. The molecular weight excluding hydrogens is 276 g/mol. The maximum Gasteiger partial charge on any atom is 0.118 e. The Bertz CT molecular complexity index is 615. The van der Waals surface area contributed by atoms with E-state index in [1.54, 1.807) is 7.11 Å². The molecule has 0 amide bonds. The van der Waals surface area contributed by atoms with Gasteiger partial charge in [-0.2, -0.15) is 0 Å². The molecule has 1 aliphatic rings. The summed E-state index contributed by atoms with van der Waals surface area (Å²) in [6.07, 6.45) is 1.86. The first-order valence-corrected chi connectivity index (χ1v) is 7.46. The molecule has 0 saturated carbocycles. The molecule has 2 aromatic rings. The summed E-state index contributed by atoms with van der Waals surface area (Å²) in [4.78, 5) is 6.84. The zero-order valence-electron chi connectivity index (χ0n) is 12.7. The van der Waals surface area contributed by atoms with Crippen molar-refractivity contribution in [1.82, 2.24) is 0 Å². The molecule has 4 nitrogen and oxygen atoms in total. The highest BCUT2D eigenvalue weighted by Gasteiger charge is 2.10. The summed E-state index contributed by atoms with van der Waals surface area (Å²) >= 11 is 0. The van der Waals surface area contributed by atoms with E-state index in [2.05, 4.69) is 22.0 Å². The average Bonchev–Trinajstić information content (AvgIpc) is 2.61. The lowest BCUT2D eigenvalue weighted by Gasteiger charge is -2.28. The number of hydrogen-bond acceptors (Lipinski definition) is 4. The van der Waals surface area contributed by atoms with Gasteiger partial charge >= 0.3 is 0 Å². The summed E-state index contributed by atoms with van der Waals surface area (Å²) in [5.74, 6) is 0.854. The van der Waals surface area contributed by atoms with Gasteiger partial charge in [0.15, 0.2) is 0 Å². The fourth-order valence-electron chi connectivity index (χ4n) is 2.41. The van der Waals surface area contributed by atoms with Crippen molar-refractivity contribution in [2.75, 3.05) is 38.3 Å². The van der Waals surface area contributed by atoms with Crippen molar-refractivity contribution in [3.8, 4) is 5.75 Å². The molecule has 0 radical (unpaired) electrons. The van der Waals surface area contributed by atoms with Crippen LogP contribution in [-0.2, 0) is 4.74 Å². The minimum atomic E-state index is 0.803. The number of methoxy groups -OCH3 is 1. The predicted molar refractivity (Wildman–Crippen MR) is 89.7 cm³/mol. The Kier molecular flexibility index (Phi) is 4.71. The number of aliphatic imine (C=N–C) groups is 1. The molecule has 0 aliphatic carbocycles. The lowest BCUT2D eigenvalue weighted by Crippen LogP contribution is -2.36. The van der Waals surface area contributed by atoms with E-state index in [0.29, 0.717) is 0 Å².